The highest BCUT2D eigenvalue weighted by Crippen LogP contribution is 2.78. The Balaban J connectivity index is 1.12. The molecule has 0 saturated heterocycles. The molecule has 0 aliphatic heterocycles. The lowest BCUT2D eigenvalue weighted by Crippen LogP contribution is -2.67. The molecule has 12 heteroatoms. The Morgan fingerprint density at radius 3 is 2.40 bits per heavy atom. The van der Waals surface area contributed by atoms with Gasteiger partial charge in [-0.05, 0) is 109 Å². The highest BCUT2D eigenvalue weighted by molar-refractivity contribution is 7.88. The number of hydrogen-bond acceptors (Lipinski definition) is 6. The number of fused-ring (bicyclic) bond motifs is 2. The summed E-state index contributed by atoms with van der Waals surface area (Å²) in [6.45, 7) is 4.28. The van der Waals surface area contributed by atoms with E-state index in [0.717, 1.165) is 41.0 Å². The van der Waals surface area contributed by atoms with Crippen LogP contribution in [0.2, 0.25) is 5.02 Å². The normalized spacial score (nSPS) is 34.2. The van der Waals surface area contributed by atoms with E-state index in [1.54, 1.807) is 0 Å². The molecule has 1 aromatic heterocycles. The minimum atomic E-state index is -4.61. The van der Waals surface area contributed by atoms with Crippen LogP contribution in [-0.2, 0) is 22.7 Å². The van der Waals surface area contributed by atoms with E-state index in [2.05, 4.69) is 19.1 Å². The van der Waals surface area contributed by atoms with E-state index in [0.29, 0.717) is 44.1 Å². The maximum absolute atomic E-state index is 15.1. The van der Waals surface area contributed by atoms with Crippen LogP contribution in [0.5, 0.6) is 0 Å². The molecule has 3 saturated carbocycles. The van der Waals surface area contributed by atoms with Crippen LogP contribution in [-0.4, -0.2) is 53.2 Å². The summed E-state index contributed by atoms with van der Waals surface area (Å²) in [6, 6.07) is 19.5. The van der Waals surface area contributed by atoms with Crippen LogP contribution in [0.15, 0.2) is 101 Å². The van der Waals surface area contributed by atoms with Crippen LogP contribution in [0.25, 0.3) is 22.1 Å². The number of nitrogens with zero attached hydrogens (tertiary/aromatic N) is 1. The lowest BCUT2D eigenvalue weighted by molar-refractivity contribution is -0.173. The maximum atomic E-state index is 15.1. The molecule has 0 amide bonds. The number of carbonyl (C=O) groups is 1. The van der Waals surface area contributed by atoms with Crippen LogP contribution in [0.4, 0.5) is 13.2 Å². The number of alkyl halides is 3. The third-order valence-electron chi connectivity index (χ3n) is 15.5. The maximum Gasteiger partial charge on any atom is 0.416 e. The highest BCUT2D eigenvalue weighted by Gasteiger charge is 2.74. The molecule has 58 heavy (non-hydrogen) atoms. The predicted molar refractivity (Wildman–Crippen MR) is 216 cm³/mol. The Bertz CT molecular complexity index is 2530. The average Bonchev–Trinajstić information content (AvgIpc) is 3.76. The number of carbonyl (C=O) groups excluding carboxylic acids is 1. The smallest absolute Gasteiger partial charge is 0.416 e. The number of benzene rings is 3. The van der Waals surface area contributed by atoms with Crippen molar-refractivity contribution < 1.29 is 41.0 Å². The van der Waals surface area contributed by atoms with Crippen molar-refractivity contribution in [2.45, 2.75) is 83.2 Å². The largest absolute Gasteiger partial charge is 0.453 e. The third-order valence-corrected chi connectivity index (χ3v) is 17.0. The summed E-state index contributed by atoms with van der Waals surface area (Å²) >= 11 is 6.38. The van der Waals surface area contributed by atoms with Gasteiger partial charge in [0, 0.05) is 40.5 Å². The number of Topliss-reactive ketones (excluding diaryl/α,β-unsaturated/α-hetero) is 1. The molecule has 306 valence electrons. The SMILES string of the molecule is CC12CCC(O)CC13C=CC1(C(C(=O)c4ccc(-c5cc(C(F)(F)F)ccc5Cl)o4)=C3)C2CCC2(C)C1CCC2(O)CN(Cc1cccc2ccccc12)S(C)(=O)=O. The summed E-state index contributed by atoms with van der Waals surface area (Å²) < 4.78 is 75.8. The van der Waals surface area contributed by atoms with Crippen LogP contribution >= 0.6 is 11.6 Å². The number of allylic oxidation sites excluding steroid dienone is 4. The molecule has 6 aliphatic carbocycles. The van der Waals surface area contributed by atoms with Gasteiger partial charge >= 0.3 is 6.18 Å². The quantitative estimate of drug-likeness (QED) is 0.135. The van der Waals surface area contributed by atoms with Crippen molar-refractivity contribution in [2.24, 2.45) is 33.5 Å². The number of aliphatic hydroxyl groups excluding tert-OH is 1. The van der Waals surface area contributed by atoms with E-state index in [4.69, 9.17) is 16.0 Å². The topological polar surface area (TPSA) is 108 Å². The van der Waals surface area contributed by atoms with Gasteiger partial charge in [-0.15, -0.1) is 0 Å². The third kappa shape index (κ3) is 5.70. The van der Waals surface area contributed by atoms with Gasteiger partial charge in [-0.1, -0.05) is 86.1 Å². The van der Waals surface area contributed by atoms with Crippen LogP contribution in [0, 0.1) is 33.5 Å². The Labute approximate surface area is 341 Å². The first-order valence-electron chi connectivity index (χ1n) is 20.0. The lowest BCUT2D eigenvalue weighted by atomic mass is 9.32. The van der Waals surface area contributed by atoms with Gasteiger partial charge in [0.15, 0.2) is 5.76 Å². The zero-order chi connectivity index (χ0) is 41.3. The van der Waals surface area contributed by atoms with Gasteiger partial charge in [0.2, 0.25) is 15.8 Å². The van der Waals surface area contributed by atoms with Crippen molar-refractivity contribution >= 4 is 38.2 Å². The summed E-state index contributed by atoms with van der Waals surface area (Å²) in [6.07, 6.45) is 6.26. The predicted octanol–water partition coefficient (Wildman–Crippen LogP) is 10.0. The molecule has 1 heterocycles. The minimum absolute atomic E-state index is 0.0113. The van der Waals surface area contributed by atoms with Crippen molar-refractivity contribution in [1.82, 2.24) is 4.31 Å². The lowest BCUT2D eigenvalue weighted by Gasteiger charge is -2.71. The first-order valence-corrected chi connectivity index (χ1v) is 22.3. The Morgan fingerprint density at radius 1 is 0.931 bits per heavy atom. The van der Waals surface area contributed by atoms with Crippen LogP contribution in [0.3, 0.4) is 0 Å². The van der Waals surface area contributed by atoms with Gasteiger partial charge in [0.1, 0.15) is 5.76 Å². The van der Waals surface area contributed by atoms with E-state index in [1.807, 2.05) is 55.5 Å². The second-order valence-electron chi connectivity index (χ2n) is 18.2. The van der Waals surface area contributed by atoms with Gasteiger partial charge in [-0.2, -0.15) is 17.5 Å². The molecule has 4 aromatic rings. The first-order chi connectivity index (χ1) is 27.2. The fourth-order valence-corrected chi connectivity index (χ4v) is 13.5. The molecule has 8 unspecified atom stereocenters. The van der Waals surface area contributed by atoms with Gasteiger partial charge in [0.25, 0.3) is 0 Å². The number of hydrogen-bond donors (Lipinski definition) is 2. The highest BCUT2D eigenvalue weighted by atomic mass is 35.5. The molecule has 2 spiro atoms. The second kappa shape index (κ2) is 13.1. The summed E-state index contributed by atoms with van der Waals surface area (Å²) in [7, 11) is -3.80. The molecular formula is C46H47ClF3NO6S. The molecule has 10 rings (SSSR count). The second-order valence-corrected chi connectivity index (χ2v) is 20.6. The minimum Gasteiger partial charge on any atom is -0.453 e. The molecule has 2 N–H and O–H groups in total. The molecule has 6 aliphatic rings. The molecule has 3 fully saturated rings. The monoisotopic (exact) mass is 833 g/mol. The zero-order valence-corrected chi connectivity index (χ0v) is 34.2. The Hall–Kier alpha value is -3.74. The van der Waals surface area contributed by atoms with Crippen molar-refractivity contribution in [3.8, 4) is 11.3 Å². The summed E-state index contributed by atoms with van der Waals surface area (Å²) in [5.41, 5.74) is -3.64. The van der Waals surface area contributed by atoms with Crippen molar-refractivity contribution in [3.05, 3.63) is 119 Å². The zero-order valence-electron chi connectivity index (χ0n) is 32.7. The number of furan rings is 1. The van der Waals surface area contributed by atoms with Gasteiger partial charge in [-0.3, -0.25) is 4.79 Å². The number of sulfonamides is 1. The van der Waals surface area contributed by atoms with Gasteiger partial charge < -0.3 is 14.6 Å². The van der Waals surface area contributed by atoms with Crippen molar-refractivity contribution in [2.75, 3.05) is 12.8 Å². The summed E-state index contributed by atoms with van der Waals surface area (Å²) in [5, 5.41) is 26.1. The van der Waals surface area contributed by atoms with E-state index in [1.165, 1.54) is 22.7 Å². The standard InChI is InChI=1S/C46H47ClF3NO6S/c1-41-18-15-31(52)24-43(41)21-22-45(34(25-43)40(53)37-14-13-36(57-37)33-23-30(46(48,49)50)11-12-35(33)47)38(41)16-19-42(2)39(45)17-20-44(42,54)27-51(58(3,55)56)26-29-9-6-8-28-7-4-5-10-32(28)29/h4-14,21-23,25,31,38-39,52,54H,15-20,24,26-27H2,1-3H3. The number of rotatable bonds is 8. The first kappa shape index (κ1) is 39.7. The van der Waals surface area contributed by atoms with E-state index >= 15 is 4.79 Å². The molecule has 3 aromatic carbocycles. The van der Waals surface area contributed by atoms with E-state index in [9.17, 15) is 31.8 Å². The van der Waals surface area contributed by atoms with Crippen LogP contribution < -0.4 is 0 Å². The van der Waals surface area contributed by atoms with E-state index < -0.39 is 55.5 Å². The Kier molecular flexibility index (Phi) is 8.99. The number of halogens is 4. The molecule has 8 atom stereocenters. The fourth-order valence-electron chi connectivity index (χ4n) is 12.4. The van der Waals surface area contributed by atoms with Crippen LogP contribution in [0.1, 0.15) is 80.5 Å². The molecule has 7 nitrogen and oxygen atoms in total. The molecule has 0 radical (unpaired) electrons. The summed E-state index contributed by atoms with van der Waals surface area (Å²) in [5.74, 6) is -0.743. The van der Waals surface area contributed by atoms with Crippen molar-refractivity contribution in [3.63, 3.8) is 0 Å². The van der Waals surface area contributed by atoms with Gasteiger partial charge in [-0.25, -0.2) is 8.42 Å². The number of ketones is 1. The average molecular weight is 834 g/mol. The Morgan fingerprint density at radius 2 is 1.64 bits per heavy atom. The molecular weight excluding hydrogens is 787 g/mol. The van der Waals surface area contributed by atoms with Gasteiger partial charge in [0.05, 0.1) is 28.5 Å². The summed E-state index contributed by atoms with van der Waals surface area (Å²) in [4.78, 5) is 15.1. The van der Waals surface area contributed by atoms with E-state index in [-0.39, 0.29) is 52.4 Å². The number of aliphatic hydroxyl groups is 2. The molecule has 2 bridgehead atoms. The van der Waals surface area contributed by atoms with Crippen molar-refractivity contribution in [1.29, 1.82) is 0 Å². The fraction of sp³-hybridized carbons (Fsp3) is 0.457.